The Hall–Kier alpha value is -2.26. The fourth-order valence-corrected chi connectivity index (χ4v) is 2.67. The molecule has 0 spiro atoms. The first-order chi connectivity index (χ1) is 10.8. The van der Waals surface area contributed by atoms with Gasteiger partial charge in [-0.1, -0.05) is 6.07 Å². The Kier molecular flexibility index (Phi) is 5.12. The van der Waals surface area contributed by atoms with Gasteiger partial charge in [-0.2, -0.15) is 9.40 Å². The molecule has 0 radical (unpaired) electrons. The maximum atomic E-state index is 13.3. The van der Waals surface area contributed by atoms with Gasteiger partial charge < -0.3 is 5.32 Å². The summed E-state index contributed by atoms with van der Waals surface area (Å²) < 4.78 is 38.9. The van der Waals surface area contributed by atoms with Crippen molar-refractivity contribution in [2.75, 3.05) is 24.7 Å². The normalized spacial score (nSPS) is 11.7. The molecule has 1 N–H and O–H groups in total. The van der Waals surface area contributed by atoms with Crippen molar-refractivity contribution in [2.24, 2.45) is 0 Å². The van der Waals surface area contributed by atoms with Crippen molar-refractivity contribution >= 4 is 21.7 Å². The summed E-state index contributed by atoms with van der Waals surface area (Å²) >= 11 is 0. The second-order valence-corrected chi connectivity index (χ2v) is 7.18. The highest BCUT2D eigenvalue weighted by atomic mass is 32.2. The van der Waals surface area contributed by atoms with E-state index in [1.54, 1.807) is 6.07 Å². The van der Waals surface area contributed by atoms with E-state index in [2.05, 4.69) is 10.4 Å². The van der Waals surface area contributed by atoms with Crippen LogP contribution in [0.2, 0.25) is 0 Å². The molecule has 0 aliphatic carbocycles. The highest BCUT2D eigenvalue weighted by Gasteiger charge is 2.19. The SMILES string of the molecule is CCS(=O)(=O)N(C)CC(=O)Nc1ccnn1-c1cccc(F)c1. The number of hydrogen-bond donors (Lipinski definition) is 1. The first-order valence-corrected chi connectivity index (χ1v) is 8.48. The summed E-state index contributed by atoms with van der Waals surface area (Å²) in [6, 6.07) is 7.28. The minimum atomic E-state index is -3.44. The minimum absolute atomic E-state index is 0.0853. The summed E-state index contributed by atoms with van der Waals surface area (Å²) in [5.41, 5.74) is 0.444. The fraction of sp³-hybridized carbons (Fsp3) is 0.286. The van der Waals surface area contributed by atoms with Crippen molar-refractivity contribution < 1.29 is 17.6 Å². The topological polar surface area (TPSA) is 84.3 Å². The first-order valence-electron chi connectivity index (χ1n) is 6.87. The van der Waals surface area contributed by atoms with Gasteiger partial charge in [-0.15, -0.1) is 0 Å². The average Bonchev–Trinajstić information content (AvgIpc) is 2.95. The van der Waals surface area contributed by atoms with Crippen LogP contribution in [0.15, 0.2) is 36.5 Å². The number of benzene rings is 1. The minimum Gasteiger partial charge on any atom is -0.309 e. The molecule has 23 heavy (non-hydrogen) atoms. The van der Waals surface area contributed by atoms with E-state index in [9.17, 15) is 17.6 Å². The third-order valence-electron chi connectivity index (χ3n) is 3.17. The molecule has 1 aromatic carbocycles. The van der Waals surface area contributed by atoms with Crippen LogP contribution in [0.5, 0.6) is 0 Å². The molecular weight excluding hydrogens is 323 g/mol. The number of rotatable bonds is 6. The molecule has 2 rings (SSSR count). The van der Waals surface area contributed by atoms with Crippen LogP contribution in [0.4, 0.5) is 10.2 Å². The van der Waals surface area contributed by atoms with E-state index >= 15 is 0 Å². The lowest BCUT2D eigenvalue weighted by atomic mass is 10.3. The molecule has 0 fully saturated rings. The summed E-state index contributed by atoms with van der Waals surface area (Å²) in [6.45, 7) is 1.19. The van der Waals surface area contributed by atoms with E-state index in [0.717, 1.165) is 4.31 Å². The molecule has 9 heteroatoms. The molecule has 124 valence electrons. The monoisotopic (exact) mass is 340 g/mol. The van der Waals surface area contributed by atoms with Crippen LogP contribution in [0.3, 0.4) is 0 Å². The molecule has 0 bridgehead atoms. The third-order valence-corrected chi connectivity index (χ3v) is 4.98. The van der Waals surface area contributed by atoms with Crippen molar-refractivity contribution in [3.63, 3.8) is 0 Å². The zero-order valence-corrected chi connectivity index (χ0v) is 13.5. The highest BCUT2D eigenvalue weighted by Crippen LogP contribution is 2.15. The largest absolute Gasteiger partial charge is 0.309 e. The highest BCUT2D eigenvalue weighted by molar-refractivity contribution is 7.89. The standard InChI is InChI=1S/C14H17FN4O3S/c1-3-23(21,22)18(2)10-14(20)17-13-7-8-16-19(13)12-6-4-5-11(15)9-12/h4-9H,3,10H2,1-2H3,(H,17,20). The molecule has 2 aromatic rings. The third kappa shape index (κ3) is 4.14. The Labute approximate surface area is 133 Å². The number of aromatic nitrogens is 2. The van der Waals surface area contributed by atoms with Gasteiger partial charge in [-0.25, -0.2) is 17.5 Å². The van der Waals surface area contributed by atoms with Gasteiger partial charge >= 0.3 is 0 Å². The van der Waals surface area contributed by atoms with Gasteiger partial charge in [0.15, 0.2) is 0 Å². The summed E-state index contributed by atoms with van der Waals surface area (Å²) in [7, 11) is -2.10. The Bertz CT molecular complexity index is 804. The van der Waals surface area contributed by atoms with E-state index in [0.29, 0.717) is 11.5 Å². The molecule has 0 atom stereocenters. The Balaban J connectivity index is 2.13. The molecule has 1 heterocycles. The number of carbonyl (C=O) groups is 1. The average molecular weight is 340 g/mol. The van der Waals surface area contributed by atoms with E-state index in [-0.39, 0.29) is 12.3 Å². The molecule has 0 unspecified atom stereocenters. The number of anilines is 1. The van der Waals surface area contributed by atoms with Crippen LogP contribution in [0.1, 0.15) is 6.92 Å². The van der Waals surface area contributed by atoms with Crippen molar-refractivity contribution in [1.82, 2.24) is 14.1 Å². The number of likely N-dealkylation sites (N-methyl/N-ethyl adjacent to an activating group) is 1. The maximum absolute atomic E-state index is 13.3. The van der Waals surface area contributed by atoms with Gasteiger partial charge in [0.25, 0.3) is 0 Å². The van der Waals surface area contributed by atoms with Gasteiger partial charge in [0.2, 0.25) is 15.9 Å². The molecule has 1 amide bonds. The number of sulfonamides is 1. The number of halogens is 1. The van der Waals surface area contributed by atoms with Crippen LogP contribution in [0.25, 0.3) is 5.69 Å². The van der Waals surface area contributed by atoms with Crippen molar-refractivity contribution in [2.45, 2.75) is 6.92 Å². The van der Waals surface area contributed by atoms with E-state index < -0.39 is 21.7 Å². The zero-order valence-electron chi connectivity index (χ0n) is 12.7. The number of nitrogens with zero attached hydrogens (tertiary/aromatic N) is 3. The van der Waals surface area contributed by atoms with E-state index in [4.69, 9.17) is 0 Å². The van der Waals surface area contributed by atoms with Gasteiger partial charge in [0.05, 0.1) is 24.2 Å². The second-order valence-electron chi connectivity index (χ2n) is 4.81. The Morgan fingerprint density at radius 1 is 1.39 bits per heavy atom. The maximum Gasteiger partial charge on any atom is 0.240 e. The van der Waals surface area contributed by atoms with Gasteiger partial charge in [-0.05, 0) is 25.1 Å². The van der Waals surface area contributed by atoms with Crippen LogP contribution in [-0.2, 0) is 14.8 Å². The van der Waals surface area contributed by atoms with E-state index in [1.807, 2.05) is 0 Å². The number of amides is 1. The van der Waals surface area contributed by atoms with E-state index in [1.165, 1.54) is 49.1 Å². The molecule has 0 saturated heterocycles. The zero-order chi connectivity index (χ0) is 17.0. The van der Waals surface area contributed by atoms with Crippen LogP contribution in [-0.4, -0.2) is 47.8 Å². The summed E-state index contributed by atoms with van der Waals surface area (Å²) in [5.74, 6) is -0.701. The molecule has 0 aliphatic heterocycles. The smallest absolute Gasteiger partial charge is 0.240 e. The quantitative estimate of drug-likeness (QED) is 0.857. The lowest BCUT2D eigenvalue weighted by molar-refractivity contribution is -0.116. The van der Waals surface area contributed by atoms with Gasteiger partial charge in [0.1, 0.15) is 11.6 Å². The van der Waals surface area contributed by atoms with Gasteiger partial charge in [-0.3, -0.25) is 4.79 Å². The lowest BCUT2D eigenvalue weighted by Crippen LogP contribution is -2.36. The first kappa shape index (κ1) is 17.1. The second kappa shape index (κ2) is 6.88. The predicted octanol–water partition coefficient (Wildman–Crippen LogP) is 1.23. The van der Waals surface area contributed by atoms with Crippen LogP contribution < -0.4 is 5.32 Å². The Morgan fingerprint density at radius 3 is 2.78 bits per heavy atom. The number of nitrogens with one attached hydrogen (secondary N) is 1. The van der Waals surface area contributed by atoms with Crippen molar-refractivity contribution in [1.29, 1.82) is 0 Å². The lowest BCUT2D eigenvalue weighted by Gasteiger charge is -2.16. The van der Waals surface area contributed by atoms with Crippen LogP contribution in [0, 0.1) is 5.82 Å². The molecule has 0 aliphatic rings. The predicted molar refractivity (Wildman–Crippen MR) is 84.2 cm³/mol. The summed E-state index contributed by atoms with van der Waals surface area (Å²) in [4.78, 5) is 12.0. The number of carbonyl (C=O) groups excluding carboxylic acids is 1. The van der Waals surface area contributed by atoms with Gasteiger partial charge in [0, 0.05) is 13.1 Å². The van der Waals surface area contributed by atoms with Crippen molar-refractivity contribution in [3.8, 4) is 5.69 Å². The Morgan fingerprint density at radius 2 is 2.13 bits per heavy atom. The number of hydrogen-bond acceptors (Lipinski definition) is 4. The van der Waals surface area contributed by atoms with Crippen molar-refractivity contribution in [3.05, 3.63) is 42.3 Å². The molecule has 0 saturated carbocycles. The summed E-state index contributed by atoms with van der Waals surface area (Å²) in [6.07, 6.45) is 1.45. The van der Waals surface area contributed by atoms with Crippen LogP contribution >= 0.6 is 0 Å². The summed E-state index contributed by atoms with van der Waals surface area (Å²) in [5, 5.41) is 6.60. The fourth-order valence-electron chi connectivity index (χ4n) is 1.91. The molecule has 7 nitrogen and oxygen atoms in total. The molecule has 1 aromatic heterocycles. The molecular formula is C14H17FN4O3S.